The smallest absolute Gasteiger partial charge is 0.343 e. The van der Waals surface area contributed by atoms with Crippen LogP contribution in [0.25, 0.3) is 0 Å². The molecule has 0 bridgehead atoms. The SMILES string of the molecule is CCCCOc1ccc(C(=O)Oc2ccc(C=Nc3ccc(CC)cc3)c(O)c2)cc1. The quantitative estimate of drug-likeness (QED) is 0.198. The maximum absolute atomic E-state index is 12.4. The Morgan fingerprint density at radius 1 is 0.968 bits per heavy atom. The fourth-order valence-electron chi connectivity index (χ4n) is 2.85. The van der Waals surface area contributed by atoms with E-state index in [0.29, 0.717) is 17.7 Å². The molecule has 0 aliphatic carbocycles. The molecule has 0 atom stereocenters. The first-order valence-corrected chi connectivity index (χ1v) is 10.5. The molecule has 3 aromatic rings. The van der Waals surface area contributed by atoms with Crippen LogP contribution in [0.1, 0.15) is 48.2 Å². The number of hydrogen-bond donors (Lipinski definition) is 1. The maximum atomic E-state index is 12.4. The highest BCUT2D eigenvalue weighted by Crippen LogP contribution is 2.24. The van der Waals surface area contributed by atoms with Gasteiger partial charge in [-0.3, -0.25) is 4.99 Å². The van der Waals surface area contributed by atoms with Gasteiger partial charge in [0.05, 0.1) is 17.9 Å². The van der Waals surface area contributed by atoms with E-state index in [-0.39, 0.29) is 11.5 Å². The molecule has 0 saturated carbocycles. The molecule has 0 saturated heterocycles. The van der Waals surface area contributed by atoms with Crippen LogP contribution in [-0.4, -0.2) is 23.9 Å². The highest BCUT2D eigenvalue weighted by Gasteiger charge is 2.10. The minimum absolute atomic E-state index is 0.0149. The Hall–Kier alpha value is -3.60. The molecule has 5 nitrogen and oxygen atoms in total. The standard InChI is InChI=1S/C26H27NO4/c1-3-5-16-30-23-13-8-20(9-14-23)26(29)31-24-15-10-21(25(28)17-24)18-27-22-11-6-19(4-2)7-12-22/h6-15,17-18,28H,3-5,16H2,1-2H3. The van der Waals surface area contributed by atoms with Crippen LogP contribution in [0.15, 0.2) is 71.7 Å². The summed E-state index contributed by atoms with van der Waals surface area (Å²) < 4.78 is 11.0. The van der Waals surface area contributed by atoms with Crippen LogP contribution in [-0.2, 0) is 6.42 Å². The molecule has 0 fully saturated rings. The van der Waals surface area contributed by atoms with Crippen LogP contribution >= 0.6 is 0 Å². The molecule has 5 heteroatoms. The summed E-state index contributed by atoms with van der Waals surface area (Å²) in [6, 6.07) is 19.4. The molecule has 31 heavy (non-hydrogen) atoms. The predicted octanol–water partition coefficient (Wildman–Crippen LogP) is 6.10. The van der Waals surface area contributed by atoms with E-state index >= 15 is 0 Å². The zero-order valence-corrected chi connectivity index (χ0v) is 17.9. The molecule has 0 radical (unpaired) electrons. The normalized spacial score (nSPS) is 10.9. The fourth-order valence-corrected chi connectivity index (χ4v) is 2.85. The van der Waals surface area contributed by atoms with Crippen molar-refractivity contribution in [2.24, 2.45) is 4.99 Å². The van der Waals surface area contributed by atoms with Crippen LogP contribution < -0.4 is 9.47 Å². The fraction of sp³-hybridized carbons (Fsp3) is 0.231. The van der Waals surface area contributed by atoms with Crippen molar-refractivity contribution in [3.8, 4) is 17.2 Å². The molecule has 3 aromatic carbocycles. The lowest BCUT2D eigenvalue weighted by molar-refractivity contribution is 0.0734. The number of carbonyl (C=O) groups is 1. The highest BCUT2D eigenvalue weighted by atomic mass is 16.5. The van der Waals surface area contributed by atoms with Crippen LogP contribution in [0.3, 0.4) is 0 Å². The Bertz CT molecular complexity index is 1020. The van der Waals surface area contributed by atoms with E-state index in [9.17, 15) is 9.90 Å². The van der Waals surface area contributed by atoms with Crippen molar-refractivity contribution in [2.75, 3.05) is 6.61 Å². The minimum Gasteiger partial charge on any atom is -0.507 e. The number of carbonyl (C=O) groups excluding carboxylic acids is 1. The van der Waals surface area contributed by atoms with Crippen molar-refractivity contribution in [1.29, 1.82) is 0 Å². The molecular formula is C26H27NO4. The number of benzene rings is 3. The lowest BCUT2D eigenvalue weighted by Gasteiger charge is -2.08. The summed E-state index contributed by atoms with van der Waals surface area (Å²) in [5, 5.41) is 10.3. The zero-order chi connectivity index (χ0) is 22.1. The number of nitrogens with zero attached hydrogens (tertiary/aromatic N) is 1. The van der Waals surface area contributed by atoms with Gasteiger partial charge in [0, 0.05) is 17.8 Å². The van der Waals surface area contributed by atoms with E-state index in [1.165, 1.54) is 11.6 Å². The number of esters is 1. The molecule has 0 heterocycles. The Labute approximate surface area is 183 Å². The van der Waals surface area contributed by atoms with E-state index in [1.54, 1.807) is 42.6 Å². The van der Waals surface area contributed by atoms with E-state index < -0.39 is 5.97 Å². The van der Waals surface area contributed by atoms with Gasteiger partial charge in [-0.15, -0.1) is 0 Å². The van der Waals surface area contributed by atoms with Gasteiger partial charge in [-0.2, -0.15) is 0 Å². The molecule has 0 unspecified atom stereocenters. The molecule has 160 valence electrons. The summed E-state index contributed by atoms with van der Waals surface area (Å²) in [6.45, 7) is 4.85. The number of aliphatic imine (C=N–C) groups is 1. The van der Waals surface area contributed by atoms with Crippen molar-refractivity contribution >= 4 is 17.9 Å². The van der Waals surface area contributed by atoms with Gasteiger partial charge in [-0.05, 0) is 66.9 Å². The molecule has 1 N–H and O–H groups in total. The first kappa shape index (κ1) is 22.1. The third kappa shape index (κ3) is 6.44. The Kier molecular flexibility index (Phi) is 7.82. The number of hydrogen-bond acceptors (Lipinski definition) is 5. The molecule has 0 spiro atoms. The summed E-state index contributed by atoms with van der Waals surface area (Å²) in [7, 11) is 0. The third-order valence-electron chi connectivity index (χ3n) is 4.77. The van der Waals surface area contributed by atoms with Crippen molar-refractivity contribution in [3.05, 3.63) is 83.4 Å². The lowest BCUT2D eigenvalue weighted by atomic mass is 10.1. The van der Waals surface area contributed by atoms with Gasteiger partial charge in [0.15, 0.2) is 0 Å². The second-order valence-electron chi connectivity index (χ2n) is 7.11. The van der Waals surface area contributed by atoms with E-state index in [4.69, 9.17) is 9.47 Å². The van der Waals surface area contributed by atoms with Gasteiger partial charge >= 0.3 is 5.97 Å². The second kappa shape index (κ2) is 11.0. The molecule has 3 rings (SSSR count). The van der Waals surface area contributed by atoms with Crippen LogP contribution in [0, 0.1) is 0 Å². The monoisotopic (exact) mass is 417 g/mol. The maximum Gasteiger partial charge on any atom is 0.343 e. The number of unbranched alkanes of at least 4 members (excludes halogenated alkanes) is 1. The Morgan fingerprint density at radius 3 is 2.32 bits per heavy atom. The van der Waals surface area contributed by atoms with Crippen LogP contribution in [0.4, 0.5) is 5.69 Å². The summed E-state index contributed by atoms with van der Waals surface area (Å²) >= 11 is 0. The minimum atomic E-state index is -0.503. The van der Waals surface area contributed by atoms with Crippen molar-refractivity contribution in [3.63, 3.8) is 0 Å². The Balaban J connectivity index is 1.61. The third-order valence-corrected chi connectivity index (χ3v) is 4.77. The summed E-state index contributed by atoms with van der Waals surface area (Å²) in [6.07, 6.45) is 4.61. The van der Waals surface area contributed by atoms with Crippen molar-refractivity contribution < 1.29 is 19.4 Å². The van der Waals surface area contributed by atoms with Crippen molar-refractivity contribution in [2.45, 2.75) is 33.1 Å². The number of ether oxygens (including phenoxy) is 2. The average Bonchev–Trinajstić information content (AvgIpc) is 2.79. The van der Waals surface area contributed by atoms with Crippen LogP contribution in [0.2, 0.25) is 0 Å². The predicted molar refractivity (Wildman–Crippen MR) is 123 cm³/mol. The van der Waals surface area contributed by atoms with Crippen LogP contribution in [0.5, 0.6) is 17.2 Å². The summed E-state index contributed by atoms with van der Waals surface area (Å²) in [5.41, 5.74) is 2.98. The summed E-state index contributed by atoms with van der Waals surface area (Å²) in [5.74, 6) is 0.460. The van der Waals surface area contributed by atoms with E-state index in [0.717, 1.165) is 30.7 Å². The average molecular weight is 418 g/mol. The largest absolute Gasteiger partial charge is 0.507 e. The van der Waals surface area contributed by atoms with Gasteiger partial charge in [0.1, 0.15) is 17.2 Å². The lowest BCUT2D eigenvalue weighted by Crippen LogP contribution is -2.08. The van der Waals surface area contributed by atoms with Crippen molar-refractivity contribution in [1.82, 2.24) is 0 Å². The van der Waals surface area contributed by atoms with Gasteiger partial charge in [-0.1, -0.05) is 32.4 Å². The summed E-state index contributed by atoms with van der Waals surface area (Å²) in [4.78, 5) is 16.8. The molecule has 0 amide bonds. The highest BCUT2D eigenvalue weighted by molar-refractivity contribution is 5.91. The van der Waals surface area contributed by atoms with Gasteiger partial charge in [-0.25, -0.2) is 4.79 Å². The number of phenolic OH excluding ortho intramolecular Hbond substituents is 1. The molecule has 0 aliphatic heterocycles. The number of aromatic hydroxyl groups is 1. The van der Waals surface area contributed by atoms with Gasteiger partial charge in [0.25, 0.3) is 0 Å². The van der Waals surface area contributed by atoms with E-state index in [1.807, 2.05) is 24.3 Å². The first-order chi connectivity index (χ1) is 15.1. The zero-order valence-electron chi connectivity index (χ0n) is 17.9. The number of rotatable bonds is 9. The number of phenols is 1. The molecule has 0 aliphatic rings. The van der Waals surface area contributed by atoms with Gasteiger partial charge in [0.2, 0.25) is 0 Å². The molecular weight excluding hydrogens is 390 g/mol. The Morgan fingerprint density at radius 2 is 1.68 bits per heavy atom. The van der Waals surface area contributed by atoms with Gasteiger partial charge < -0.3 is 14.6 Å². The molecule has 0 aromatic heterocycles. The first-order valence-electron chi connectivity index (χ1n) is 10.5. The topological polar surface area (TPSA) is 68.1 Å². The van der Waals surface area contributed by atoms with E-state index in [2.05, 4.69) is 18.8 Å². The second-order valence-corrected chi connectivity index (χ2v) is 7.11. The number of aryl methyl sites for hydroxylation is 1.